The number of hydrogen-bond acceptors (Lipinski definition) is 1. The number of ketones is 1. The van der Waals surface area contributed by atoms with E-state index in [1.807, 2.05) is 0 Å². The van der Waals surface area contributed by atoms with Crippen LogP contribution in [-0.4, -0.2) is 5.78 Å². The number of allylic oxidation sites excluding steroid dienone is 2. The van der Waals surface area contributed by atoms with Gasteiger partial charge in [0.15, 0.2) is 0 Å². The minimum absolute atomic E-state index is 0.406. The van der Waals surface area contributed by atoms with Crippen LogP contribution in [0.1, 0.15) is 65.2 Å². The van der Waals surface area contributed by atoms with Gasteiger partial charge >= 0.3 is 0 Å². The second kappa shape index (κ2) is 4.21. The molecule has 0 aromatic heterocycles. The summed E-state index contributed by atoms with van der Waals surface area (Å²) in [6.45, 7) is 4.98. The van der Waals surface area contributed by atoms with Gasteiger partial charge in [-0.25, -0.2) is 0 Å². The van der Waals surface area contributed by atoms with Crippen molar-refractivity contribution in [2.45, 2.75) is 65.2 Å². The summed E-state index contributed by atoms with van der Waals surface area (Å²) in [7, 11) is 0. The van der Waals surface area contributed by atoms with Gasteiger partial charge in [-0.1, -0.05) is 32.4 Å². The fraction of sp³-hybridized carbons (Fsp3) is 0.842. The van der Waals surface area contributed by atoms with Gasteiger partial charge in [0.2, 0.25) is 0 Å². The number of carbonyl (C=O) groups is 1. The van der Waals surface area contributed by atoms with E-state index in [0.29, 0.717) is 40.3 Å². The maximum atomic E-state index is 12.9. The van der Waals surface area contributed by atoms with Gasteiger partial charge in [-0.2, -0.15) is 0 Å². The Morgan fingerprint density at radius 1 is 1.10 bits per heavy atom. The van der Waals surface area contributed by atoms with Gasteiger partial charge in [-0.15, -0.1) is 0 Å². The zero-order chi connectivity index (χ0) is 14.0. The summed E-state index contributed by atoms with van der Waals surface area (Å²) in [5.74, 6) is 3.05. The molecule has 4 aliphatic rings. The molecule has 6 atom stereocenters. The SMILES string of the molecule is C[C@@]12CCC[C@H]1[C@@H]1C(=O)CC3CC=CC[C@]3(C)[C@H]1CC2. The van der Waals surface area contributed by atoms with Gasteiger partial charge in [0.25, 0.3) is 0 Å². The Bertz CT molecular complexity index is 464. The van der Waals surface area contributed by atoms with Crippen LogP contribution >= 0.6 is 0 Å². The van der Waals surface area contributed by atoms with E-state index < -0.39 is 0 Å². The molecule has 110 valence electrons. The normalized spacial score (nSPS) is 54.2. The van der Waals surface area contributed by atoms with Crippen LogP contribution in [0.25, 0.3) is 0 Å². The van der Waals surface area contributed by atoms with Gasteiger partial charge < -0.3 is 0 Å². The summed E-state index contributed by atoms with van der Waals surface area (Å²) in [5.41, 5.74) is 0.905. The topological polar surface area (TPSA) is 17.1 Å². The van der Waals surface area contributed by atoms with Crippen molar-refractivity contribution in [1.82, 2.24) is 0 Å². The Morgan fingerprint density at radius 2 is 1.95 bits per heavy atom. The molecule has 1 heteroatoms. The third kappa shape index (κ3) is 1.58. The molecule has 0 N–H and O–H groups in total. The number of fused-ring (bicyclic) bond motifs is 5. The number of rotatable bonds is 0. The maximum absolute atomic E-state index is 12.9. The quantitative estimate of drug-likeness (QED) is 0.581. The smallest absolute Gasteiger partial charge is 0.136 e. The standard InChI is InChI=1S/C19H28O/c1-18-9-5-7-14(18)17-15(8-11-18)19(2)10-4-3-6-13(19)12-16(17)20/h3-4,13-15,17H,5-12H2,1-2H3/t13?,14-,15-,17-,18-,19-/m0/s1. The highest BCUT2D eigenvalue weighted by Crippen LogP contribution is 2.64. The fourth-order valence-corrected chi connectivity index (χ4v) is 6.50. The first-order valence-corrected chi connectivity index (χ1v) is 8.72. The summed E-state index contributed by atoms with van der Waals surface area (Å²) in [6, 6.07) is 0. The van der Waals surface area contributed by atoms with Gasteiger partial charge in [0.05, 0.1) is 0 Å². The monoisotopic (exact) mass is 272 g/mol. The molecule has 0 radical (unpaired) electrons. The van der Waals surface area contributed by atoms with E-state index >= 15 is 0 Å². The van der Waals surface area contributed by atoms with Crippen LogP contribution in [0.15, 0.2) is 12.2 Å². The molecular formula is C19H28O. The summed E-state index contributed by atoms with van der Waals surface area (Å²) in [6.07, 6.45) is 14.7. The molecule has 0 spiro atoms. The van der Waals surface area contributed by atoms with E-state index in [-0.39, 0.29) is 0 Å². The van der Waals surface area contributed by atoms with Gasteiger partial charge in [0.1, 0.15) is 5.78 Å². The van der Waals surface area contributed by atoms with Crippen molar-refractivity contribution in [2.75, 3.05) is 0 Å². The van der Waals surface area contributed by atoms with Crippen molar-refractivity contribution < 1.29 is 4.79 Å². The summed E-state index contributed by atoms with van der Waals surface area (Å²) < 4.78 is 0. The molecule has 1 unspecified atom stereocenters. The highest BCUT2D eigenvalue weighted by atomic mass is 16.1. The van der Waals surface area contributed by atoms with Crippen molar-refractivity contribution in [3.05, 3.63) is 12.2 Å². The summed E-state index contributed by atoms with van der Waals surface area (Å²) in [5, 5.41) is 0. The Hall–Kier alpha value is -0.590. The predicted octanol–water partition coefficient (Wildman–Crippen LogP) is 4.76. The highest BCUT2D eigenvalue weighted by molar-refractivity contribution is 5.83. The van der Waals surface area contributed by atoms with Gasteiger partial charge in [-0.3, -0.25) is 4.79 Å². The fourth-order valence-electron chi connectivity index (χ4n) is 6.50. The Labute approximate surface area is 123 Å². The third-order valence-electron chi connectivity index (χ3n) is 7.80. The average Bonchev–Trinajstić information content (AvgIpc) is 2.81. The molecule has 0 amide bonds. The lowest BCUT2D eigenvalue weighted by atomic mass is 9.46. The Morgan fingerprint density at radius 3 is 2.80 bits per heavy atom. The second-order valence-electron chi connectivity index (χ2n) is 8.61. The zero-order valence-corrected chi connectivity index (χ0v) is 13.0. The number of Topliss-reactive ketones (excluding diaryl/α,β-unsaturated/α-hetero) is 1. The summed E-state index contributed by atoms with van der Waals surface area (Å²) in [4.78, 5) is 12.9. The second-order valence-corrected chi connectivity index (χ2v) is 8.61. The molecule has 4 rings (SSSR count). The van der Waals surface area contributed by atoms with Crippen LogP contribution in [0.3, 0.4) is 0 Å². The van der Waals surface area contributed by atoms with E-state index in [2.05, 4.69) is 26.0 Å². The Kier molecular flexibility index (Phi) is 2.76. The number of carbonyl (C=O) groups excluding carboxylic acids is 1. The van der Waals surface area contributed by atoms with Crippen LogP contribution in [0.4, 0.5) is 0 Å². The molecule has 1 nitrogen and oxygen atoms in total. The first-order valence-electron chi connectivity index (χ1n) is 8.72. The van der Waals surface area contributed by atoms with Crippen molar-refractivity contribution in [2.24, 2.45) is 34.5 Å². The van der Waals surface area contributed by atoms with Crippen LogP contribution in [0.5, 0.6) is 0 Å². The van der Waals surface area contributed by atoms with Crippen LogP contribution in [0.2, 0.25) is 0 Å². The molecule has 3 fully saturated rings. The van der Waals surface area contributed by atoms with E-state index in [1.54, 1.807) is 0 Å². The van der Waals surface area contributed by atoms with E-state index in [4.69, 9.17) is 0 Å². The van der Waals surface area contributed by atoms with Gasteiger partial charge in [-0.05, 0) is 67.1 Å². The Balaban J connectivity index is 1.73. The maximum Gasteiger partial charge on any atom is 0.136 e. The molecule has 0 aromatic rings. The molecule has 3 saturated carbocycles. The van der Waals surface area contributed by atoms with E-state index in [1.165, 1.54) is 38.5 Å². The number of hydrogen-bond donors (Lipinski definition) is 0. The lowest BCUT2D eigenvalue weighted by Crippen LogP contribution is -2.55. The molecule has 0 heterocycles. The first-order chi connectivity index (χ1) is 9.55. The van der Waals surface area contributed by atoms with Crippen molar-refractivity contribution in [3.8, 4) is 0 Å². The predicted molar refractivity (Wildman–Crippen MR) is 81.3 cm³/mol. The van der Waals surface area contributed by atoms with Gasteiger partial charge in [0, 0.05) is 12.3 Å². The average molecular weight is 272 g/mol. The minimum Gasteiger partial charge on any atom is -0.299 e. The minimum atomic E-state index is 0.406. The highest BCUT2D eigenvalue weighted by Gasteiger charge is 2.59. The van der Waals surface area contributed by atoms with Crippen molar-refractivity contribution >= 4 is 5.78 Å². The first kappa shape index (κ1) is 13.1. The molecule has 0 aliphatic heterocycles. The van der Waals surface area contributed by atoms with E-state index in [9.17, 15) is 4.79 Å². The molecule has 4 aliphatic carbocycles. The lowest BCUT2D eigenvalue weighted by Gasteiger charge is -2.58. The molecule has 0 bridgehead atoms. The van der Waals surface area contributed by atoms with Crippen molar-refractivity contribution in [1.29, 1.82) is 0 Å². The molecule has 0 aromatic carbocycles. The van der Waals surface area contributed by atoms with Crippen LogP contribution in [0, 0.1) is 34.5 Å². The molecule has 0 saturated heterocycles. The third-order valence-corrected chi connectivity index (χ3v) is 7.80. The van der Waals surface area contributed by atoms with E-state index in [0.717, 1.165) is 12.8 Å². The molecular weight excluding hydrogens is 244 g/mol. The van der Waals surface area contributed by atoms with Crippen LogP contribution in [-0.2, 0) is 4.79 Å². The lowest BCUT2D eigenvalue weighted by molar-refractivity contribution is -0.150. The molecule has 20 heavy (non-hydrogen) atoms. The van der Waals surface area contributed by atoms with Crippen LogP contribution < -0.4 is 0 Å². The van der Waals surface area contributed by atoms with Crippen molar-refractivity contribution in [3.63, 3.8) is 0 Å². The zero-order valence-electron chi connectivity index (χ0n) is 13.0. The largest absolute Gasteiger partial charge is 0.299 e. The summed E-state index contributed by atoms with van der Waals surface area (Å²) >= 11 is 0.